The van der Waals surface area contributed by atoms with Crippen LogP contribution in [0.5, 0.6) is 0 Å². The molecule has 17 heavy (non-hydrogen) atoms. The predicted molar refractivity (Wildman–Crippen MR) is 63.5 cm³/mol. The van der Waals surface area contributed by atoms with Gasteiger partial charge in [0, 0.05) is 24.6 Å². The molecule has 2 aromatic rings. The van der Waals surface area contributed by atoms with Crippen LogP contribution in [0.2, 0.25) is 0 Å². The van der Waals surface area contributed by atoms with Crippen LogP contribution in [0, 0.1) is 13.8 Å². The van der Waals surface area contributed by atoms with E-state index in [0.717, 1.165) is 11.3 Å². The summed E-state index contributed by atoms with van der Waals surface area (Å²) in [4.78, 5) is 15.9. The normalized spacial score (nSPS) is 10.2. The Morgan fingerprint density at radius 3 is 2.88 bits per heavy atom. The van der Waals surface area contributed by atoms with Crippen molar-refractivity contribution in [2.45, 2.75) is 20.4 Å². The Labute approximate surface area is 99.3 Å². The van der Waals surface area contributed by atoms with Crippen molar-refractivity contribution in [2.75, 3.05) is 0 Å². The maximum absolute atomic E-state index is 11.9. The summed E-state index contributed by atoms with van der Waals surface area (Å²) in [6.45, 7) is 4.11. The molecule has 0 unspecified atom stereocenters. The molecule has 5 heteroatoms. The van der Waals surface area contributed by atoms with Crippen molar-refractivity contribution in [3.8, 4) is 0 Å². The number of nitrogens with one attached hydrogen (secondary N) is 2. The quantitative estimate of drug-likeness (QED) is 0.836. The molecule has 2 heterocycles. The summed E-state index contributed by atoms with van der Waals surface area (Å²) in [6, 6.07) is 3.76. The molecule has 5 nitrogen and oxygen atoms in total. The Balaban J connectivity index is 2.04. The number of aromatic nitrogens is 3. The third-order valence-corrected chi connectivity index (χ3v) is 2.53. The first-order chi connectivity index (χ1) is 8.18. The monoisotopic (exact) mass is 230 g/mol. The lowest BCUT2D eigenvalue weighted by atomic mass is 10.2. The Morgan fingerprint density at radius 2 is 2.29 bits per heavy atom. The van der Waals surface area contributed by atoms with Crippen molar-refractivity contribution in [3.05, 3.63) is 47.0 Å². The van der Waals surface area contributed by atoms with Crippen LogP contribution in [0.4, 0.5) is 0 Å². The number of aromatic amines is 1. The summed E-state index contributed by atoms with van der Waals surface area (Å²) in [6.07, 6.45) is 3.44. The van der Waals surface area contributed by atoms with Gasteiger partial charge in [0.25, 0.3) is 5.91 Å². The maximum atomic E-state index is 11.9. The molecular formula is C12H14N4O. The van der Waals surface area contributed by atoms with Gasteiger partial charge in [0.2, 0.25) is 0 Å². The number of amides is 1. The molecule has 0 aliphatic heterocycles. The van der Waals surface area contributed by atoms with E-state index in [1.807, 2.05) is 26.0 Å². The number of carbonyl (C=O) groups excluding carboxylic acids is 1. The maximum Gasteiger partial charge on any atom is 0.255 e. The van der Waals surface area contributed by atoms with E-state index in [0.29, 0.717) is 17.8 Å². The number of hydrogen-bond acceptors (Lipinski definition) is 3. The van der Waals surface area contributed by atoms with Gasteiger partial charge in [-0.05, 0) is 25.5 Å². The molecule has 0 bridgehead atoms. The SMILES string of the molecule is Cc1n[nH]c(C)c1C(=O)NCc1cccnc1. The largest absolute Gasteiger partial charge is 0.348 e. The number of nitrogens with zero attached hydrogens (tertiary/aromatic N) is 2. The minimum Gasteiger partial charge on any atom is -0.348 e. The lowest BCUT2D eigenvalue weighted by Crippen LogP contribution is -2.23. The van der Waals surface area contributed by atoms with E-state index < -0.39 is 0 Å². The fourth-order valence-electron chi connectivity index (χ4n) is 1.66. The van der Waals surface area contributed by atoms with Crippen LogP contribution in [0.3, 0.4) is 0 Å². The van der Waals surface area contributed by atoms with E-state index in [9.17, 15) is 4.79 Å². The highest BCUT2D eigenvalue weighted by Gasteiger charge is 2.14. The third kappa shape index (κ3) is 2.50. The lowest BCUT2D eigenvalue weighted by Gasteiger charge is -2.04. The van der Waals surface area contributed by atoms with Gasteiger partial charge in [0.1, 0.15) is 0 Å². The Morgan fingerprint density at radius 1 is 1.47 bits per heavy atom. The third-order valence-electron chi connectivity index (χ3n) is 2.53. The smallest absolute Gasteiger partial charge is 0.255 e. The summed E-state index contributed by atoms with van der Waals surface area (Å²) in [5, 5.41) is 9.63. The van der Waals surface area contributed by atoms with Gasteiger partial charge < -0.3 is 5.32 Å². The van der Waals surface area contributed by atoms with Crippen LogP contribution in [0.1, 0.15) is 27.3 Å². The Hall–Kier alpha value is -2.17. The van der Waals surface area contributed by atoms with Gasteiger partial charge in [-0.25, -0.2) is 0 Å². The second-order valence-corrected chi connectivity index (χ2v) is 3.85. The molecule has 0 saturated heterocycles. The Kier molecular flexibility index (Phi) is 3.18. The summed E-state index contributed by atoms with van der Waals surface area (Å²) in [5.74, 6) is -0.113. The van der Waals surface area contributed by atoms with E-state index in [2.05, 4.69) is 20.5 Å². The molecule has 0 radical (unpaired) electrons. The average Bonchev–Trinajstić information content (AvgIpc) is 2.67. The second-order valence-electron chi connectivity index (χ2n) is 3.85. The fraction of sp³-hybridized carbons (Fsp3) is 0.250. The first-order valence-corrected chi connectivity index (χ1v) is 5.37. The van der Waals surface area contributed by atoms with Gasteiger partial charge in [-0.2, -0.15) is 5.10 Å². The number of pyridine rings is 1. The highest BCUT2D eigenvalue weighted by molar-refractivity contribution is 5.96. The van der Waals surface area contributed by atoms with Gasteiger partial charge in [-0.3, -0.25) is 14.9 Å². The van der Waals surface area contributed by atoms with Gasteiger partial charge in [0.15, 0.2) is 0 Å². The van der Waals surface area contributed by atoms with Crippen LogP contribution >= 0.6 is 0 Å². The van der Waals surface area contributed by atoms with Gasteiger partial charge in [-0.15, -0.1) is 0 Å². The van der Waals surface area contributed by atoms with Crippen molar-refractivity contribution < 1.29 is 4.79 Å². The lowest BCUT2D eigenvalue weighted by molar-refractivity contribution is 0.0949. The van der Waals surface area contributed by atoms with E-state index >= 15 is 0 Å². The molecule has 2 aromatic heterocycles. The van der Waals surface area contributed by atoms with Crippen LogP contribution in [0.15, 0.2) is 24.5 Å². The van der Waals surface area contributed by atoms with Crippen molar-refractivity contribution >= 4 is 5.91 Å². The average molecular weight is 230 g/mol. The molecule has 0 saturated carbocycles. The fourth-order valence-corrected chi connectivity index (χ4v) is 1.66. The molecule has 0 aliphatic rings. The van der Waals surface area contributed by atoms with Crippen LogP contribution < -0.4 is 5.32 Å². The molecule has 0 fully saturated rings. The number of H-pyrrole nitrogens is 1. The number of hydrogen-bond donors (Lipinski definition) is 2. The number of carbonyl (C=O) groups is 1. The molecule has 88 valence electrons. The first kappa shape index (κ1) is 11.3. The Bertz CT molecular complexity index is 499. The summed E-state index contributed by atoms with van der Waals surface area (Å²) in [7, 11) is 0. The predicted octanol–water partition coefficient (Wildman–Crippen LogP) is 1.35. The number of aryl methyl sites for hydroxylation is 2. The second kappa shape index (κ2) is 4.78. The number of rotatable bonds is 3. The van der Waals surface area contributed by atoms with E-state index in [1.165, 1.54) is 0 Å². The molecule has 0 spiro atoms. The van der Waals surface area contributed by atoms with Gasteiger partial charge in [0.05, 0.1) is 11.3 Å². The van der Waals surface area contributed by atoms with Crippen LogP contribution in [-0.4, -0.2) is 21.1 Å². The van der Waals surface area contributed by atoms with Crippen LogP contribution in [-0.2, 0) is 6.54 Å². The minimum absolute atomic E-state index is 0.113. The summed E-state index contributed by atoms with van der Waals surface area (Å²) >= 11 is 0. The molecule has 2 N–H and O–H groups in total. The van der Waals surface area contributed by atoms with Crippen molar-refractivity contribution in [1.29, 1.82) is 0 Å². The molecular weight excluding hydrogens is 216 g/mol. The highest BCUT2D eigenvalue weighted by Crippen LogP contribution is 2.09. The van der Waals surface area contributed by atoms with Crippen molar-refractivity contribution in [3.63, 3.8) is 0 Å². The molecule has 2 rings (SSSR count). The molecule has 1 amide bonds. The summed E-state index contributed by atoms with van der Waals surface area (Å²) < 4.78 is 0. The molecule has 0 aromatic carbocycles. The van der Waals surface area contributed by atoms with E-state index in [1.54, 1.807) is 12.4 Å². The first-order valence-electron chi connectivity index (χ1n) is 5.37. The van der Waals surface area contributed by atoms with E-state index in [4.69, 9.17) is 0 Å². The topological polar surface area (TPSA) is 70.7 Å². The van der Waals surface area contributed by atoms with Crippen molar-refractivity contribution in [2.24, 2.45) is 0 Å². The molecule has 0 aliphatic carbocycles. The van der Waals surface area contributed by atoms with Crippen LogP contribution in [0.25, 0.3) is 0 Å². The highest BCUT2D eigenvalue weighted by atomic mass is 16.1. The standard InChI is InChI=1S/C12H14N4O/c1-8-11(9(2)16-15-8)12(17)14-7-10-4-3-5-13-6-10/h3-6H,7H2,1-2H3,(H,14,17)(H,15,16). The minimum atomic E-state index is -0.113. The van der Waals surface area contributed by atoms with Gasteiger partial charge >= 0.3 is 0 Å². The van der Waals surface area contributed by atoms with Crippen molar-refractivity contribution in [1.82, 2.24) is 20.5 Å². The van der Waals surface area contributed by atoms with E-state index in [-0.39, 0.29) is 5.91 Å². The van der Waals surface area contributed by atoms with Gasteiger partial charge in [-0.1, -0.05) is 6.07 Å². The zero-order valence-electron chi connectivity index (χ0n) is 9.82. The zero-order valence-corrected chi connectivity index (χ0v) is 9.82. The zero-order chi connectivity index (χ0) is 12.3. The summed E-state index contributed by atoms with van der Waals surface area (Å²) in [5.41, 5.74) is 3.09. The molecule has 0 atom stereocenters.